The van der Waals surface area contributed by atoms with Gasteiger partial charge in [-0.25, -0.2) is 0 Å². The molecule has 0 spiro atoms. The van der Waals surface area contributed by atoms with E-state index in [-0.39, 0.29) is 5.78 Å². The van der Waals surface area contributed by atoms with E-state index in [9.17, 15) is 4.79 Å². The van der Waals surface area contributed by atoms with Gasteiger partial charge < -0.3 is 4.74 Å². The summed E-state index contributed by atoms with van der Waals surface area (Å²) in [6.45, 7) is 12.3. The zero-order valence-electron chi connectivity index (χ0n) is 29.6. The molecule has 0 bridgehead atoms. The number of rotatable bonds is 17. The summed E-state index contributed by atoms with van der Waals surface area (Å²) in [5.74, 6) is 0.561. The monoisotopic (exact) mass is 626 g/mol. The van der Waals surface area contributed by atoms with Crippen molar-refractivity contribution in [3.63, 3.8) is 0 Å². The molecule has 0 aromatic heterocycles. The number of allylic oxidation sites excluding steroid dienone is 4. The summed E-state index contributed by atoms with van der Waals surface area (Å²) >= 11 is 0. The van der Waals surface area contributed by atoms with E-state index in [0.717, 1.165) is 18.4 Å². The smallest absolute Gasteiger partial charge is 0.155 e. The van der Waals surface area contributed by atoms with Crippen LogP contribution in [0.2, 0.25) is 0 Å². The van der Waals surface area contributed by atoms with Crippen molar-refractivity contribution in [3.8, 4) is 0 Å². The number of carbonyl (C=O) groups excluding carboxylic acids is 1. The normalized spacial score (nSPS) is 12.9. The van der Waals surface area contributed by atoms with Gasteiger partial charge in [-0.3, -0.25) is 4.79 Å². The number of benzene rings is 4. The maximum Gasteiger partial charge on any atom is 0.155 e. The van der Waals surface area contributed by atoms with Crippen LogP contribution < -0.4 is 0 Å². The molecular weight excluding hydrogens is 572 g/mol. The molecule has 2 nitrogen and oxygen atoms in total. The highest BCUT2D eigenvalue weighted by atomic mass is 16.5. The van der Waals surface area contributed by atoms with E-state index in [4.69, 9.17) is 4.74 Å². The number of hydrogen-bond acceptors (Lipinski definition) is 2. The van der Waals surface area contributed by atoms with Gasteiger partial charge in [-0.15, -0.1) is 0 Å². The summed E-state index contributed by atoms with van der Waals surface area (Å²) in [6.07, 6.45) is 22.3. The molecule has 0 atom stereocenters. The molecule has 0 fully saturated rings. The molecule has 0 aliphatic rings. The standard InChI is InChI=1S/C45H54O2/c1-7-10-11-12-13-14-15-16-20-36-23-24-38(29-30-47-35(6)31-34(5)46)44(32-36)45(33(4)9-3)43-28-27-41-39-22-18-17-21-37(39)25-26-42(41)40(43)19-8-2/h8,17-19,21-32H,7,9-16,20H2,1-6H3/b19-8-,30-29?,35-31-,45-33+. The average Bonchev–Trinajstić information content (AvgIpc) is 3.07. The zero-order chi connectivity index (χ0) is 33.6. The number of carbonyl (C=O) groups is 1. The maximum atomic E-state index is 11.6. The van der Waals surface area contributed by atoms with Crippen molar-refractivity contribution < 1.29 is 9.53 Å². The van der Waals surface area contributed by atoms with Crippen LogP contribution in [0.3, 0.4) is 0 Å². The van der Waals surface area contributed by atoms with Crippen molar-refractivity contribution in [1.82, 2.24) is 0 Å². The highest BCUT2D eigenvalue weighted by Gasteiger charge is 2.18. The first kappa shape index (κ1) is 35.7. The van der Waals surface area contributed by atoms with E-state index >= 15 is 0 Å². The van der Waals surface area contributed by atoms with Crippen LogP contribution in [0.1, 0.15) is 127 Å². The molecule has 246 valence electrons. The lowest BCUT2D eigenvalue weighted by Crippen LogP contribution is -2.00. The van der Waals surface area contributed by atoms with Gasteiger partial charge in [0.2, 0.25) is 0 Å². The van der Waals surface area contributed by atoms with E-state index in [0.29, 0.717) is 5.76 Å². The first-order valence-corrected chi connectivity index (χ1v) is 17.8. The van der Waals surface area contributed by atoms with Gasteiger partial charge in [-0.05, 0) is 108 Å². The lowest BCUT2D eigenvalue weighted by atomic mass is 9.83. The van der Waals surface area contributed by atoms with Crippen LogP contribution >= 0.6 is 0 Å². The third kappa shape index (κ3) is 9.67. The Bertz CT molecular complexity index is 1780. The summed E-state index contributed by atoms with van der Waals surface area (Å²) in [5.41, 5.74) is 8.83. The van der Waals surface area contributed by atoms with Gasteiger partial charge in [0.05, 0.1) is 6.26 Å². The molecule has 0 saturated carbocycles. The molecule has 0 saturated heterocycles. The first-order valence-electron chi connectivity index (χ1n) is 17.8. The highest BCUT2D eigenvalue weighted by molar-refractivity contribution is 6.11. The number of hydrogen-bond donors (Lipinski definition) is 0. The largest absolute Gasteiger partial charge is 0.470 e. The zero-order valence-corrected chi connectivity index (χ0v) is 29.6. The molecule has 0 heterocycles. The fourth-order valence-corrected chi connectivity index (χ4v) is 6.58. The van der Waals surface area contributed by atoms with Gasteiger partial charge in [0.15, 0.2) is 5.78 Å². The van der Waals surface area contributed by atoms with Crippen molar-refractivity contribution in [2.24, 2.45) is 0 Å². The van der Waals surface area contributed by atoms with E-state index in [1.54, 1.807) is 13.2 Å². The van der Waals surface area contributed by atoms with E-state index in [1.807, 2.05) is 13.0 Å². The molecule has 47 heavy (non-hydrogen) atoms. The minimum Gasteiger partial charge on any atom is -0.470 e. The summed E-state index contributed by atoms with van der Waals surface area (Å²) in [4.78, 5) is 11.6. The molecule has 0 amide bonds. The van der Waals surface area contributed by atoms with Crippen molar-refractivity contribution in [2.75, 3.05) is 0 Å². The SMILES string of the molecule is C/C=C\c1c(/C(=C(/C)CC)c2cc(CCCCCCCCCC)ccc2C=CO/C(C)=C\C(C)=O)ccc2c1ccc1ccccc12. The van der Waals surface area contributed by atoms with Crippen molar-refractivity contribution >= 4 is 45.1 Å². The Balaban J connectivity index is 1.79. The van der Waals surface area contributed by atoms with Crippen molar-refractivity contribution in [3.05, 3.63) is 124 Å². The first-order chi connectivity index (χ1) is 22.9. The third-order valence-electron chi connectivity index (χ3n) is 9.14. The maximum absolute atomic E-state index is 11.6. The van der Waals surface area contributed by atoms with Crippen LogP contribution in [0.15, 0.2) is 96.5 Å². The van der Waals surface area contributed by atoms with Gasteiger partial charge in [0, 0.05) is 6.08 Å². The molecule has 2 heteroatoms. The lowest BCUT2D eigenvalue weighted by molar-refractivity contribution is -0.112. The van der Waals surface area contributed by atoms with Crippen LogP contribution in [0, 0.1) is 0 Å². The molecule has 0 unspecified atom stereocenters. The van der Waals surface area contributed by atoms with E-state index < -0.39 is 0 Å². The lowest BCUT2D eigenvalue weighted by Gasteiger charge is -2.20. The summed E-state index contributed by atoms with van der Waals surface area (Å²) in [7, 11) is 0. The highest BCUT2D eigenvalue weighted by Crippen LogP contribution is 2.39. The Hall–Kier alpha value is -4.17. The van der Waals surface area contributed by atoms with Crippen LogP contribution in [0.5, 0.6) is 0 Å². The third-order valence-corrected chi connectivity index (χ3v) is 9.14. The molecule has 4 aromatic rings. The Morgan fingerprint density at radius 2 is 1.45 bits per heavy atom. The fraction of sp³-hybridized carbons (Fsp3) is 0.356. The Kier molecular flexibility index (Phi) is 13.8. The van der Waals surface area contributed by atoms with Gasteiger partial charge in [-0.2, -0.15) is 0 Å². The summed E-state index contributed by atoms with van der Waals surface area (Å²) in [6, 6.07) is 24.8. The van der Waals surface area contributed by atoms with Crippen LogP contribution in [0.4, 0.5) is 0 Å². The Morgan fingerprint density at radius 3 is 2.17 bits per heavy atom. The second kappa shape index (κ2) is 18.2. The second-order valence-corrected chi connectivity index (χ2v) is 12.9. The molecule has 4 aromatic carbocycles. The topological polar surface area (TPSA) is 26.3 Å². The number of ketones is 1. The molecule has 0 aliphatic heterocycles. The molecule has 4 rings (SSSR count). The molecule has 0 N–H and O–H groups in total. The fourth-order valence-electron chi connectivity index (χ4n) is 6.58. The number of aryl methyl sites for hydroxylation is 1. The van der Waals surface area contributed by atoms with Crippen LogP contribution in [-0.2, 0) is 16.0 Å². The van der Waals surface area contributed by atoms with Crippen molar-refractivity contribution in [1.29, 1.82) is 0 Å². The van der Waals surface area contributed by atoms with Gasteiger partial charge >= 0.3 is 0 Å². The molecule has 0 radical (unpaired) electrons. The minimum absolute atomic E-state index is 0.0220. The average molecular weight is 627 g/mol. The predicted octanol–water partition coefficient (Wildman–Crippen LogP) is 13.4. The minimum atomic E-state index is -0.0220. The van der Waals surface area contributed by atoms with Crippen LogP contribution in [0.25, 0.3) is 39.3 Å². The van der Waals surface area contributed by atoms with Crippen molar-refractivity contribution in [2.45, 2.75) is 106 Å². The summed E-state index contributed by atoms with van der Waals surface area (Å²) in [5, 5.41) is 5.08. The Labute approximate surface area is 283 Å². The summed E-state index contributed by atoms with van der Waals surface area (Å²) < 4.78 is 5.83. The number of fused-ring (bicyclic) bond motifs is 3. The van der Waals surface area contributed by atoms with Crippen LogP contribution in [-0.4, -0.2) is 5.78 Å². The van der Waals surface area contributed by atoms with E-state index in [2.05, 4.69) is 107 Å². The number of unbranched alkanes of at least 4 members (excludes halogenated alkanes) is 7. The second-order valence-electron chi connectivity index (χ2n) is 12.9. The Morgan fingerprint density at radius 1 is 0.723 bits per heavy atom. The number of ether oxygens (including phenoxy) is 1. The quantitative estimate of drug-likeness (QED) is 0.0504. The van der Waals surface area contributed by atoms with Gasteiger partial charge in [-0.1, -0.05) is 143 Å². The molecule has 0 aliphatic carbocycles. The predicted molar refractivity (Wildman–Crippen MR) is 205 cm³/mol. The van der Waals surface area contributed by atoms with E-state index in [1.165, 1.54) is 112 Å². The van der Waals surface area contributed by atoms with Gasteiger partial charge in [0.1, 0.15) is 5.76 Å². The van der Waals surface area contributed by atoms with Gasteiger partial charge in [0.25, 0.3) is 0 Å². The molecular formula is C45H54O2.